The third-order valence-electron chi connectivity index (χ3n) is 5.30. The van der Waals surface area contributed by atoms with Crippen LogP contribution in [0.4, 0.5) is 0 Å². The topological polar surface area (TPSA) is 0 Å². The van der Waals surface area contributed by atoms with Crippen LogP contribution < -0.4 is 0 Å². The Balaban J connectivity index is 3.26. The van der Waals surface area contributed by atoms with Crippen molar-refractivity contribution in [1.82, 2.24) is 0 Å². The van der Waals surface area contributed by atoms with Crippen molar-refractivity contribution in [2.45, 2.75) is 129 Å². The van der Waals surface area contributed by atoms with Crippen LogP contribution in [-0.2, 0) is 0 Å². The van der Waals surface area contributed by atoms with E-state index in [9.17, 15) is 0 Å². The molecule has 0 bridgehead atoms. The summed E-state index contributed by atoms with van der Waals surface area (Å²) in [5, 5.41) is 0. The van der Waals surface area contributed by atoms with Gasteiger partial charge in [0.1, 0.15) is 0 Å². The minimum absolute atomic E-state index is 1.01. The molecule has 0 aliphatic carbocycles. The van der Waals surface area contributed by atoms with Gasteiger partial charge in [-0.15, -0.1) is 0 Å². The molecule has 0 saturated heterocycles. The molecule has 0 heteroatoms. The summed E-state index contributed by atoms with van der Waals surface area (Å²) >= 11 is 0. The molecule has 1 atom stereocenters. The zero-order valence-electron chi connectivity index (χ0n) is 16.4. The van der Waals surface area contributed by atoms with Gasteiger partial charge in [0, 0.05) is 0 Å². The molecule has 0 aromatic heterocycles. The Labute approximate surface area is 149 Å². The molecule has 0 fully saturated rings. The second-order valence-electron chi connectivity index (χ2n) is 7.51. The van der Waals surface area contributed by atoms with Crippen molar-refractivity contribution < 1.29 is 0 Å². The number of rotatable bonds is 19. The molecule has 0 amide bonds. The maximum Gasteiger partial charge on any atom is -0.0417 e. The summed E-state index contributed by atoms with van der Waals surface area (Å²) in [4.78, 5) is 0. The van der Waals surface area contributed by atoms with E-state index in [1.54, 1.807) is 0 Å². The highest BCUT2D eigenvalue weighted by molar-refractivity contribution is 4.59. The van der Waals surface area contributed by atoms with E-state index in [0.29, 0.717) is 0 Å². The number of unbranched alkanes of at least 4 members (excludes halogenated alkanes) is 14. The summed E-state index contributed by atoms with van der Waals surface area (Å²) in [6.45, 7) is 10.2. The molecule has 0 aliphatic rings. The monoisotopic (exact) mass is 322 g/mol. The summed E-state index contributed by atoms with van der Waals surface area (Å²) in [5.74, 6) is 1.01. The summed E-state index contributed by atoms with van der Waals surface area (Å²) in [7, 11) is 0. The van der Waals surface area contributed by atoms with Crippen LogP contribution in [0.15, 0.2) is 0 Å². The van der Waals surface area contributed by atoms with Crippen LogP contribution in [0, 0.1) is 19.8 Å². The molecule has 0 aliphatic heterocycles. The molecule has 0 heterocycles. The Morgan fingerprint density at radius 3 is 1.09 bits per heavy atom. The van der Waals surface area contributed by atoms with Crippen molar-refractivity contribution in [1.29, 1.82) is 0 Å². The van der Waals surface area contributed by atoms with Crippen molar-refractivity contribution in [2.24, 2.45) is 5.92 Å². The number of hydrogen-bond donors (Lipinski definition) is 0. The molecule has 1 unspecified atom stereocenters. The first-order chi connectivity index (χ1) is 11.3. The van der Waals surface area contributed by atoms with Crippen molar-refractivity contribution in [3.8, 4) is 0 Å². The van der Waals surface area contributed by atoms with Crippen LogP contribution in [0.3, 0.4) is 0 Å². The summed E-state index contributed by atoms with van der Waals surface area (Å²) in [5.41, 5.74) is 0. The molecule has 0 spiro atoms. The lowest BCUT2D eigenvalue weighted by Gasteiger charge is -2.14. The van der Waals surface area contributed by atoms with E-state index in [2.05, 4.69) is 20.8 Å². The lowest BCUT2D eigenvalue weighted by Crippen LogP contribution is -1.99. The highest BCUT2D eigenvalue weighted by Crippen LogP contribution is 2.21. The lowest BCUT2D eigenvalue weighted by atomic mass is 9.92. The molecule has 0 aromatic rings. The van der Waals surface area contributed by atoms with Gasteiger partial charge in [-0.2, -0.15) is 0 Å². The predicted molar refractivity (Wildman–Crippen MR) is 108 cm³/mol. The van der Waals surface area contributed by atoms with E-state index in [1.165, 1.54) is 109 Å². The van der Waals surface area contributed by atoms with Gasteiger partial charge in [-0.3, -0.25) is 0 Å². The van der Waals surface area contributed by atoms with Crippen LogP contribution in [0.5, 0.6) is 0 Å². The van der Waals surface area contributed by atoms with E-state index in [1.807, 2.05) is 0 Å². The van der Waals surface area contributed by atoms with Crippen molar-refractivity contribution in [2.75, 3.05) is 0 Å². The third-order valence-corrected chi connectivity index (χ3v) is 5.30. The molecule has 23 heavy (non-hydrogen) atoms. The molecular formula is C23H46. The van der Waals surface area contributed by atoms with Gasteiger partial charge in [0.05, 0.1) is 0 Å². The molecule has 0 rings (SSSR count). The van der Waals surface area contributed by atoms with Crippen molar-refractivity contribution in [3.05, 3.63) is 13.8 Å². The smallest absolute Gasteiger partial charge is 0.0417 e. The zero-order chi connectivity index (χ0) is 17.0. The molecule has 0 N–H and O–H groups in total. The SMILES string of the molecule is [CH2]CCCCCCCCCCCC(CC)CCCCCCC[CH2]. The minimum Gasteiger partial charge on any atom is -0.0651 e. The van der Waals surface area contributed by atoms with Crippen LogP contribution in [-0.4, -0.2) is 0 Å². The van der Waals surface area contributed by atoms with Gasteiger partial charge in [-0.1, -0.05) is 143 Å². The first-order valence-corrected chi connectivity index (χ1v) is 10.9. The van der Waals surface area contributed by atoms with E-state index >= 15 is 0 Å². The zero-order valence-corrected chi connectivity index (χ0v) is 16.4. The minimum atomic E-state index is 1.01. The van der Waals surface area contributed by atoms with Gasteiger partial charge in [0.2, 0.25) is 0 Å². The fourth-order valence-electron chi connectivity index (χ4n) is 3.54. The average molecular weight is 323 g/mol. The van der Waals surface area contributed by atoms with E-state index in [0.717, 1.165) is 18.8 Å². The first kappa shape index (κ1) is 23.0. The summed E-state index contributed by atoms with van der Waals surface area (Å²) in [6, 6.07) is 0. The van der Waals surface area contributed by atoms with E-state index in [4.69, 9.17) is 0 Å². The fourth-order valence-corrected chi connectivity index (χ4v) is 3.54. The summed E-state index contributed by atoms with van der Waals surface area (Å²) < 4.78 is 0. The van der Waals surface area contributed by atoms with Crippen LogP contribution >= 0.6 is 0 Å². The molecule has 2 radical (unpaired) electrons. The van der Waals surface area contributed by atoms with Gasteiger partial charge >= 0.3 is 0 Å². The highest BCUT2D eigenvalue weighted by Gasteiger charge is 2.05. The largest absolute Gasteiger partial charge is 0.0651 e. The normalized spacial score (nSPS) is 12.7. The predicted octanol–water partition coefficient (Wildman–Crippen LogP) is 8.70. The molecule has 138 valence electrons. The van der Waals surface area contributed by atoms with Crippen molar-refractivity contribution in [3.63, 3.8) is 0 Å². The maximum atomic E-state index is 3.92. The van der Waals surface area contributed by atoms with Gasteiger partial charge < -0.3 is 0 Å². The van der Waals surface area contributed by atoms with Crippen LogP contribution in [0.2, 0.25) is 0 Å². The molecule has 0 nitrogen and oxygen atoms in total. The Morgan fingerprint density at radius 1 is 0.478 bits per heavy atom. The first-order valence-electron chi connectivity index (χ1n) is 10.9. The Bertz CT molecular complexity index is 196. The Kier molecular flexibility index (Phi) is 20.0. The maximum absolute atomic E-state index is 3.92. The Hall–Kier alpha value is 0. The highest BCUT2D eigenvalue weighted by atomic mass is 14.1. The van der Waals surface area contributed by atoms with Crippen LogP contribution in [0.1, 0.15) is 129 Å². The second-order valence-corrected chi connectivity index (χ2v) is 7.51. The fraction of sp³-hybridized carbons (Fsp3) is 0.913. The number of hydrogen-bond acceptors (Lipinski definition) is 0. The third kappa shape index (κ3) is 18.2. The molecule has 0 aromatic carbocycles. The van der Waals surface area contributed by atoms with Gasteiger partial charge in [0.15, 0.2) is 0 Å². The van der Waals surface area contributed by atoms with E-state index < -0.39 is 0 Å². The van der Waals surface area contributed by atoms with Crippen molar-refractivity contribution >= 4 is 0 Å². The standard InChI is InChI=1S/C23H46/c1-4-7-9-11-13-14-15-16-18-20-22-23(6-3)21-19-17-12-10-8-5-2/h23H,1-2,4-22H2,3H3. The van der Waals surface area contributed by atoms with Gasteiger partial charge in [-0.05, 0) is 5.92 Å². The van der Waals surface area contributed by atoms with Crippen LogP contribution in [0.25, 0.3) is 0 Å². The Morgan fingerprint density at radius 2 is 0.783 bits per heavy atom. The molecule has 0 saturated carbocycles. The second kappa shape index (κ2) is 20.0. The quantitative estimate of drug-likeness (QED) is 0.209. The van der Waals surface area contributed by atoms with Gasteiger partial charge in [-0.25, -0.2) is 0 Å². The average Bonchev–Trinajstić information content (AvgIpc) is 2.57. The molecular weight excluding hydrogens is 276 g/mol. The summed E-state index contributed by atoms with van der Waals surface area (Å²) in [6.07, 6.45) is 26.6. The lowest BCUT2D eigenvalue weighted by molar-refractivity contribution is 0.392. The van der Waals surface area contributed by atoms with E-state index in [-0.39, 0.29) is 0 Å². The van der Waals surface area contributed by atoms with Gasteiger partial charge in [0.25, 0.3) is 0 Å².